The summed E-state index contributed by atoms with van der Waals surface area (Å²) < 4.78 is 75.3. The Morgan fingerprint density at radius 3 is 2.60 bits per heavy atom. The summed E-state index contributed by atoms with van der Waals surface area (Å²) in [5.74, 6) is -0.846. The smallest absolute Gasteiger partial charge is 0.435 e. The second-order valence-electron chi connectivity index (χ2n) is 6.78. The van der Waals surface area contributed by atoms with Crippen LogP contribution in [0.5, 0.6) is 11.5 Å². The molecule has 0 unspecified atom stereocenters. The molecular formula is C19H20F5N3O3. The Balaban J connectivity index is 1.79. The molecule has 1 aromatic heterocycles. The first-order valence-electron chi connectivity index (χ1n) is 9.27. The number of alkyl halides is 5. The largest absolute Gasteiger partial charge is 0.493 e. The Kier molecular flexibility index (Phi) is 6.47. The summed E-state index contributed by atoms with van der Waals surface area (Å²) in [6.07, 6.45) is -1.73. The van der Waals surface area contributed by atoms with E-state index in [-0.39, 0.29) is 29.2 Å². The molecule has 1 aliphatic rings. The number of methoxy groups -OCH3 is 1. The standard InChI is InChI=1S/C19H20F5N3O3/c1-29-15-9-11(7-8-14(15)30-18(20)21)25-16(28)10-27-13-6-4-2-3-5-12(13)17(26-27)19(22,23)24/h7-9,18H,2-6,10H2,1H3,(H,25,28). The van der Waals surface area contributed by atoms with Gasteiger partial charge in [-0.25, -0.2) is 0 Å². The van der Waals surface area contributed by atoms with Crippen molar-refractivity contribution in [3.8, 4) is 11.5 Å². The molecule has 3 rings (SSSR count). The fourth-order valence-corrected chi connectivity index (χ4v) is 3.48. The van der Waals surface area contributed by atoms with E-state index in [4.69, 9.17) is 4.74 Å². The third kappa shape index (κ3) is 5.00. The van der Waals surface area contributed by atoms with Gasteiger partial charge in [0.25, 0.3) is 0 Å². The molecule has 0 atom stereocenters. The van der Waals surface area contributed by atoms with E-state index in [1.165, 1.54) is 25.3 Å². The van der Waals surface area contributed by atoms with Crippen molar-refractivity contribution in [1.29, 1.82) is 0 Å². The van der Waals surface area contributed by atoms with Gasteiger partial charge in [-0.2, -0.15) is 27.1 Å². The average molecular weight is 433 g/mol. The van der Waals surface area contributed by atoms with E-state index in [9.17, 15) is 26.7 Å². The molecule has 0 fully saturated rings. The number of carbonyl (C=O) groups excluding carboxylic acids is 1. The van der Waals surface area contributed by atoms with Crippen LogP contribution in [0.2, 0.25) is 0 Å². The van der Waals surface area contributed by atoms with Crippen LogP contribution in [-0.2, 0) is 30.4 Å². The number of nitrogens with one attached hydrogen (secondary N) is 1. The van der Waals surface area contributed by atoms with Gasteiger partial charge in [-0.1, -0.05) is 6.42 Å². The van der Waals surface area contributed by atoms with Crippen molar-refractivity contribution in [1.82, 2.24) is 9.78 Å². The predicted octanol–water partition coefficient (Wildman–Crippen LogP) is 4.42. The van der Waals surface area contributed by atoms with Gasteiger partial charge in [-0.05, 0) is 37.8 Å². The number of fused-ring (bicyclic) bond motifs is 1. The zero-order valence-electron chi connectivity index (χ0n) is 16.1. The monoisotopic (exact) mass is 433 g/mol. The van der Waals surface area contributed by atoms with Crippen molar-refractivity contribution in [2.24, 2.45) is 0 Å². The van der Waals surface area contributed by atoms with Gasteiger partial charge in [0.05, 0.1) is 7.11 Å². The lowest BCUT2D eigenvalue weighted by atomic mass is 10.1. The van der Waals surface area contributed by atoms with Crippen LogP contribution in [0.1, 0.15) is 36.2 Å². The highest BCUT2D eigenvalue weighted by atomic mass is 19.4. The summed E-state index contributed by atoms with van der Waals surface area (Å²) in [5, 5.41) is 6.18. The topological polar surface area (TPSA) is 65.4 Å². The molecule has 6 nitrogen and oxygen atoms in total. The Morgan fingerprint density at radius 1 is 1.20 bits per heavy atom. The lowest BCUT2D eigenvalue weighted by molar-refractivity contribution is -0.142. The molecule has 1 aromatic carbocycles. The highest BCUT2D eigenvalue weighted by Crippen LogP contribution is 2.35. The molecule has 1 amide bonds. The summed E-state index contributed by atoms with van der Waals surface area (Å²) >= 11 is 0. The number of carbonyl (C=O) groups is 1. The normalized spacial score (nSPS) is 14.2. The fraction of sp³-hybridized carbons (Fsp3) is 0.474. The highest BCUT2D eigenvalue weighted by molar-refractivity contribution is 5.91. The van der Waals surface area contributed by atoms with E-state index in [2.05, 4.69) is 15.2 Å². The minimum absolute atomic E-state index is 0.0274. The summed E-state index contributed by atoms with van der Waals surface area (Å²) in [6, 6.07) is 3.80. The number of anilines is 1. The molecule has 30 heavy (non-hydrogen) atoms. The van der Waals surface area contributed by atoms with Crippen molar-refractivity contribution in [3.63, 3.8) is 0 Å². The van der Waals surface area contributed by atoms with Crippen molar-refractivity contribution in [2.75, 3.05) is 12.4 Å². The number of rotatable bonds is 6. The van der Waals surface area contributed by atoms with Crippen LogP contribution >= 0.6 is 0 Å². The van der Waals surface area contributed by atoms with E-state index in [0.29, 0.717) is 18.5 Å². The average Bonchev–Trinajstić information content (AvgIpc) is 2.84. The first-order valence-corrected chi connectivity index (χ1v) is 9.27. The Hall–Kier alpha value is -2.85. The maximum atomic E-state index is 13.4. The third-order valence-corrected chi connectivity index (χ3v) is 4.73. The second-order valence-corrected chi connectivity index (χ2v) is 6.78. The number of nitrogens with zero attached hydrogens (tertiary/aromatic N) is 2. The first kappa shape index (κ1) is 21.8. The maximum absolute atomic E-state index is 13.4. The van der Waals surface area contributed by atoms with Crippen molar-refractivity contribution < 1.29 is 36.2 Å². The van der Waals surface area contributed by atoms with E-state index in [0.717, 1.165) is 17.5 Å². The molecule has 0 saturated carbocycles. The Morgan fingerprint density at radius 2 is 1.93 bits per heavy atom. The molecule has 2 aromatic rings. The van der Waals surface area contributed by atoms with Crippen LogP contribution in [-0.4, -0.2) is 29.4 Å². The van der Waals surface area contributed by atoms with Crippen LogP contribution in [0, 0.1) is 0 Å². The number of amides is 1. The molecule has 164 valence electrons. The zero-order chi connectivity index (χ0) is 21.9. The Bertz CT molecular complexity index is 912. The van der Waals surface area contributed by atoms with Crippen molar-refractivity contribution in [2.45, 2.75) is 51.4 Å². The Labute approximate surface area is 169 Å². The van der Waals surface area contributed by atoms with Crippen molar-refractivity contribution in [3.05, 3.63) is 35.2 Å². The lowest BCUT2D eigenvalue weighted by Crippen LogP contribution is -2.21. The van der Waals surface area contributed by atoms with Gasteiger partial charge >= 0.3 is 12.8 Å². The molecule has 11 heteroatoms. The SMILES string of the molecule is COc1cc(NC(=O)Cn2nc(C(F)(F)F)c3c2CCCCC3)ccc1OC(F)F. The molecule has 1 N–H and O–H groups in total. The summed E-state index contributed by atoms with van der Waals surface area (Å²) in [5.41, 5.74) is -0.147. The first-order chi connectivity index (χ1) is 14.2. The van der Waals surface area contributed by atoms with Crippen LogP contribution in [0.25, 0.3) is 0 Å². The summed E-state index contributed by atoms with van der Waals surface area (Å²) in [4.78, 5) is 12.4. The third-order valence-electron chi connectivity index (χ3n) is 4.73. The zero-order valence-corrected chi connectivity index (χ0v) is 16.1. The van der Waals surface area contributed by atoms with E-state index in [1.807, 2.05) is 0 Å². The van der Waals surface area contributed by atoms with E-state index >= 15 is 0 Å². The van der Waals surface area contributed by atoms with E-state index < -0.39 is 30.9 Å². The van der Waals surface area contributed by atoms with Gasteiger partial charge in [-0.3, -0.25) is 9.48 Å². The minimum Gasteiger partial charge on any atom is -0.493 e. The number of ether oxygens (including phenoxy) is 2. The summed E-state index contributed by atoms with van der Waals surface area (Å²) in [7, 11) is 1.25. The van der Waals surface area contributed by atoms with Gasteiger partial charge in [-0.15, -0.1) is 0 Å². The fourth-order valence-electron chi connectivity index (χ4n) is 3.48. The van der Waals surface area contributed by atoms with Crippen LogP contribution in [0.15, 0.2) is 18.2 Å². The minimum atomic E-state index is -4.59. The van der Waals surface area contributed by atoms with Crippen LogP contribution in [0.3, 0.4) is 0 Å². The number of aromatic nitrogens is 2. The van der Waals surface area contributed by atoms with Gasteiger partial charge < -0.3 is 14.8 Å². The summed E-state index contributed by atoms with van der Waals surface area (Å²) in [6.45, 7) is -3.45. The van der Waals surface area contributed by atoms with Gasteiger partial charge in [0.2, 0.25) is 5.91 Å². The molecule has 1 aliphatic carbocycles. The number of hydrogen-bond acceptors (Lipinski definition) is 4. The van der Waals surface area contributed by atoms with Crippen LogP contribution in [0.4, 0.5) is 27.6 Å². The lowest BCUT2D eigenvalue weighted by Gasteiger charge is -2.12. The van der Waals surface area contributed by atoms with Crippen LogP contribution < -0.4 is 14.8 Å². The molecule has 0 saturated heterocycles. The second kappa shape index (κ2) is 8.88. The van der Waals surface area contributed by atoms with Gasteiger partial charge in [0.15, 0.2) is 17.2 Å². The maximum Gasteiger partial charge on any atom is 0.435 e. The molecule has 0 spiro atoms. The number of benzene rings is 1. The van der Waals surface area contributed by atoms with Crippen molar-refractivity contribution >= 4 is 11.6 Å². The molecule has 0 bridgehead atoms. The number of halogens is 5. The molecule has 0 aliphatic heterocycles. The predicted molar refractivity (Wildman–Crippen MR) is 96.7 cm³/mol. The molecular weight excluding hydrogens is 413 g/mol. The molecule has 0 radical (unpaired) electrons. The molecule has 1 heterocycles. The van der Waals surface area contributed by atoms with E-state index in [1.54, 1.807) is 0 Å². The van der Waals surface area contributed by atoms with Gasteiger partial charge in [0.1, 0.15) is 6.54 Å². The number of hydrogen-bond donors (Lipinski definition) is 1. The quantitative estimate of drug-likeness (QED) is 0.541. The van der Waals surface area contributed by atoms with Gasteiger partial charge in [0, 0.05) is 23.0 Å². The highest BCUT2D eigenvalue weighted by Gasteiger charge is 2.39.